The molecule has 0 aliphatic carbocycles. The average Bonchev–Trinajstić information content (AvgIpc) is 3.33. The topological polar surface area (TPSA) is 153 Å². The summed E-state index contributed by atoms with van der Waals surface area (Å²) >= 11 is 0. The van der Waals surface area contributed by atoms with E-state index in [1.54, 1.807) is 0 Å². The zero-order valence-electron chi connectivity index (χ0n) is 19.6. The van der Waals surface area contributed by atoms with E-state index in [0.29, 0.717) is 12.6 Å². The van der Waals surface area contributed by atoms with Crippen LogP contribution < -0.4 is 15.4 Å². The van der Waals surface area contributed by atoms with Gasteiger partial charge in [0.05, 0.1) is 27.9 Å². The van der Waals surface area contributed by atoms with Gasteiger partial charge >= 0.3 is 0 Å². The van der Waals surface area contributed by atoms with Gasteiger partial charge in [-0.25, -0.2) is 31.6 Å². The molecule has 0 aliphatic rings. The lowest BCUT2D eigenvalue weighted by Gasteiger charge is -2.13. The number of hydrogen-bond acceptors (Lipinski definition) is 8. The minimum absolute atomic E-state index is 0.0736. The molecule has 0 spiro atoms. The van der Waals surface area contributed by atoms with E-state index in [1.807, 2.05) is 11.6 Å². The van der Waals surface area contributed by atoms with Crippen molar-refractivity contribution in [3.05, 3.63) is 89.4 Å². The largest absolute Gasteiger partial charge is 0.389 e. The number of H-pyrrole nitrogens is 1. The molecule has 0 saturated heterocycles. The molecule has 0 fully saturated rings. The van der Waals surface area contributed by atoms with E-state index in [-0.39, 0.29) is 28.1 Å². The number of carbonyl (C=O) groups is 1. The maximum absolute atomic E-state index is 15.4. The van der Waals surface area contributed by atoms with Crippen LogP contribution in [0.4, 0.5) is 24.7 Å². The molecule has 0 unspecified atom stereocenters. The number of halogens is 3. The summed E-state index contributed by atoms with van der Waals surface area (Å²) in [6.45, 7) is 2.42. The van der Waals surface area contributed by atoms with Crippen LogP contribution in [0.5, 0.6) is 0 Å². The number of aromatic amines is 1. The molecule has 0 bridgehead atoms. The Morgan fingerprint density at radius 3 is 2.58 bits per heavy atom. The van der Waals surface area contributed by atoms with Crippen molar-refractivity contribution in [2.24, 2.45) is 0 Å². The Hall–Kier alpha value is -4.72. The van der Waals surface area contributed by atoms with Gasteiger partial charge in [-0.05, 0) is 31.2 Å². The van der Waals surface area contributed by atoms with Crippen molar-refractivity contribution in [3.63, 3.8) is 0 Å². The van der Waals surface area contributed by atoms with Crippen molar-refractivity contribution in [1.29, 1.82) is 5.41 Å². The summed E-state index contributed by atoms with van der Waals surface area (Å²) in [5.41, 5.74) is -1.59. The summed E-state index contributed by atoms with van der Waals surface area (Å²) in [6, 6.07) is 5.93. The number of rotatable bonds is 10. The van der Waals surface area contributed by atoms with Gasteiger partial charge in [0.1, 0.15) is 34.3 Å². The van der Waals surface area contributed by atoms with E-state index in [4.69, 9.17) is 5.41 Å². The number of anilines is 2. The molecule has 14 heteroatoms. The molecule has 10 nitrogen and oxygen atoms in total. The van der Waals surface area contributed by atoms with Gasteiger partial charge in [0, 0.05) is 25.2 Å². The molecule has 2 aromatic carbocycles. The Morgan fingerprint density at radius 2 is 1.87 bits per heavy atom. The number of nitrogens with one attached hydrogen (secondary N) is 5. The molecule has 0 amide bonds. The Labute approximate surface area is 214 Å². The maximum atomic E-state index is 15.4. The molecular weight excluding hydrogens is 523 g/mol. The predicted octanol–water partition coefficient (Wildman–Crippen LogP) is 3.92. The fourth-order valence-corrected chi connectivity index (χ4v) is 4.68. The highest BCUT2D eigenvalue weighted by atomic mass is 32.2. The number of ketones is 1. The van der Waals surface area contributed by atoms with Gasteiger partial charge in [0.15, 0.2) is 5.82 Å². The lowest BCUT2D eigenvalue weighted by molar-refractivity contribution is 0.103. The van der Waals surface area contributed by atoms with Gasteiger partial charge in [-0.15, -0.1) is 0 Å². The lowest BCUT2D eigenvalue weighted by Crippen LogP contribution is -2.17. The third-order valence-electron chi connectivity index (χ3n) is 5.28. The van der Waals surface area contributed by atoms with Crippen molar-refractivity contribution in [2.75, 3.05) is 16.6 Å². The molecule has 0 saturated carbocycles. The van der Waals surface area contributed by atoms with Crippen LogP contribution in [0.25, 0.3) is 11.0 Å². The van der Waals surface area contributed by atoms with Gasteiger partial charge in [0.2, 0.25) is 5.78 Å². The quantitative estimate of drug-likeness (QED) is 0.150. The zero-order chi connectivity index (χ0) is 27.4. The molecule has 196 valence electrons. The third kappa shape index (κ3) is 5.06. The molecule has 0 aliphatic heterocycles. The predicted molar refractivity (Wildman–Crippen MR) is 135 cm³/mol. The average molecular weight is 544 g/mol. The molecule has 0 atom stereocenters. The van der Waals surface area contributed by atoms with E-state index in [0.717, 1.165) is 24.4 Å². The number of nitrogens with zero attached hydrogens (tertiary/aromatic N) is 2. The van der Waals surface area contributed by atoms with Crippen LogP contribution in [0.1, 0.15) is 22.8 Å². The molecule has 2 heterocycles. The second-order valence-electron chi connectivity index (χ2n) is 7.72. The number of benzene rings is 2. The Kier molecular flexibility index (Phi) is 7.43. The number of fused-ring (bicyclic) bond motifs is 1. The van der Waals surface area contributed by atoms with Gasteiger partial charge in [-0.2, -0.15) is 0 Å². The monoisotopic (exact) mass is 543 g/mol. The third-order valence-corrected chi connectivity index (χ3v) is 6.68. The van der Waals surface area contributed by atoms with Crippen LogP contribution in [0, 0.1) is 22.9 Å². The Balaban J connectivity index is 1.77. The smallest absolute Gasteiger partial charge is 0.264 e. The number of sulfonamides is 1. The zero-order valence-corrected chi connectivity index (χ0v) is 20.5. The van der Waals surface area contributed by atoms with Crippen molar-refractivity contribution in [3.8, 4) is 0 Å². The first kappa shape index (κ1) is 26.3. The van der Waals surface area contributed by atoms with Gasteiger partial charge < -0.3 is 21.0 Å². The second-order valence-corrected chi connectivity index (χ2v) is 9.37. The first-order valence-electron chi connectivity index (χ1n) is 11.0. The molecule has 38 heavy (non-hydrogen) atoms. The first-order valence-corrected chi connectivity index (χ1v) is 12.5. The maximum Gasteiger partial charge on any atom is 0.264 e. The Morgan fingerprint density at radius 1 is 1.11 bits per heavy atom. The van der Waals surface area contributed by atoms with E-state index < -0.39 is 49.4 Å². The van der Waals surface area contributed by atoms with Crippen LogP contribution in [0.2, 0.25) is 0 Å². The summed E-state index contributed by atoms with van der Waals surface area (Å²) in [5.74, 6) is -4.89. The lowest BCUT2D eigenvalue weighted by atomic mass is 10.0. The van der Waals surface area contributed by atoms with Crippen LogP contribution in [-0.2, 0) is 10.0 Å². The number of hydrogen-bond donors (Lipinski definition) is 5. The minimum Gasteiger partial charge on any atom is -0.389 e. The van der Waals surface area contributed by atoms with E-state index in [2.05, 4.69) is 25.6 Å². The highest BCUT2D eigenvalue weighted by Crippen LogP contribution is 2.30. The van der Waals surface area contributed by atoms with Gasteiger partial charge in [-0.3, -0.25) is 9.52 Å². The normalized spacial score (nSPS) is 11.8. The van der Waals surface area contributed by atoms with E-state index in [9.17, 15) is 22.0 Å². The molecular formula is C24H20F3N7O3S. The second kappa shape index (κ2) is 10.7. The van der Waals surface area contributed by atoms with Crippen molar-refractivity contribution < 1.29 is 26.4 Å². The SMILES string of the molecule is CCN/C=C(\C=N)Nc1ncnc2[nH]cc(C(=O)c3c(F)ccc(NS(=O)(=O)c4ccccc4F)c3F)c12. The van der Waals surface area contributed by atoms with E-state index in [1.165, 1.54) is 30.9 Å². The highest BCUT2D eigenvalue weighted by molar-refractivity contribution is 7.92. The summed E-state index contributed by atoms with van der Waals surface area (Å²) in [6.07, 6.45) is 4.86. The number of aromatic nitrogens is 3. The summed E-state index contributed by atoms with van der Waals surface area (Å²) in [7, 11) is -4.61. The van der Waals surface area contributed by atoms with E-state index >= 15 is 4.39 Å². The molecule has 2 aromatic heterocycles. The Bertz CT molecular complexity index is 1690. The van der Waals surface area contributed by atoms with Crippen molar-refractivity contribution >= 4 is 44.6 Å². The molecule has 5 N–H and O–H groups in total. The summed E-state index contributed by atoms with van der Waals surface area (Å²) < 4.78 is 71.4. The summed E-state index contributed by atoms with van der Waals surface area (Å²) in [4.78, 5) is 23.5. The summed E-state index contributed by atoms with van der Waals surface area (Å²) in [5, 5.41) is 13.4. The molecule has 0 radical (unpaired) electrons. The fraction of sp³-hybridized carbons (Fsp3) is 0.0833. The number of carbonyl (C=O) groups excluding carboxylic acids is 1. The van der Waals surface area contributed by atoms with Crippen molar-refractivity contribution in [1.82, 2.24) is 20.3 Å². The van der Waals surface area contributed by atoms with Crippen LogP contribution in [0.3, 0.4) is 0 Å². The van der Waals surface area contributed by atoms with Gasteiger partial charge in [-0.1, -0.05) is 12.1 Å². The number of allylic oxidation sites excluding steroid dienone is 1. The van der Waals surface area contributed by atoms with Gasteiger partial charge in [0.25, 0.3) is 10.0 Å². The van der Waals surface area contributed by atoms with Crippen molar-refractivity contribution in [2.45, 2.75) is 11.8 Å². The highest BCUT2D eigenvalue weighted by Gasteiger charge is 2.28. The molecule has 4 rings (SSSR count). The minimum atomic E-state index is -4.61. The van der Waals surface area contributed by atoms with Crippen LogP contribution in [-0.4, -0.2) is 41.9 Å². The van der Waals surface area contributed by atoms with Crippen LogP contribution in [0.15, 0.2) is 65.7 Å². The first-order chi connectivity index (χ1) is 18.2. The van der Waals surface area contributed by atoms with Crippen LogP contribution >= 0.6 is 0 Å². The standard InChI is InChI=1S/C24H20F3N7O3S/c1-2-29-10-13(9-28)33-24-19-14(11-30-23(19)31-12-32-24)22(35)20-16(26)7-8-17(21(20)27)34-38(36,37)18-6-4-3-5-15(18)25/h3-12,28-29,34H,2H2,1H3,(H2,30,31,32,33)/b13-10+,28-9?. The fourth-order valence-electron chi connectivity index (χ4n) is 3.54. The molecule has 4 aromatic rings.